The van der Waals surface area contributed by atoms with Crippen molar-refractivity contribution in [3.8, 4) is 23.0 Å². The van der Waals surface area contributed by atoms with E-state index in [1.54, 1.807) is 30.3 Å². The summed E-state index contributed by atoms with van der Waals surface area (Å²) < 4.78 is 34.0. The maximum atomic E-state index is 13.3. The van der Waals surface area contributed by atoms with E-state index in [0.29, 0.717) is 110 Å². The van der Waals surface area contributed by atoms with Gasteiger partial charge in [-0.1, -0.05) is 19.9 Å². The van der Waals surface area contributed by atoms with Crippen LogP contribution in [0.4, 0.5) is 5.69 Å². The predicted octanol–water partition coefficient (Wildman–Crippen LogP) is 4.63. The molecule has 0 atom stereocenters. The van der Waals surface area contributed by atoms with Gasteiger partial charge in [-0.3, -0.25) is 4.79 Å². The standard InChI is InChI=1S/C35H40N2O10S/c1-22(2)30(40)9-11-42-13-15-44-17-18-45-16-14-43-12-10-36-34(48)37-23-3-6-27-26(19-23)33(41)47-35(27)28-7-4-24(38)20-31(28)46-32-21-25(39)5-8-29(32)35/h3-8,19-22,38-39H,9-18H2,1-2H3,(H2,36,37,48). The van der Waals surface area contributed by atoms with Crippen LogP contribution in [0.25, 0.3) is 0 Å². The van der Waals surface area contributed by atoms with E-state index in [9.17, 15) is 19.8 Å². The lowest BCUT2D eigenvalue weighted by Crippen LogP contribution is -2.33. The van der Waals surface area contributed by atoms with E-state index in [4.69, 9.17) is 40.6 Å². The summed E-state index contributed by atoms with van der Waals surface area (Å²) in [6.45, 7) is 7.66. The maximum absolute atomic E-state index is 13.3. The molecule has 2 aliphatic rings. The van der Waals surface area contributed by atoms with Gasteiger partial charge in [-0.15, -0.1) is 0 Å². The lowest BCUT2D eigenvalue weighted by atomic mass is 9.77. The monoisotopic (exact) mass is 680 g/mol. The quantitative estimate of drug-likeness (QED) is 0.0891. The van der Waals surface area contributed by atoms with E-state index in [1.807, 2.05) is 13.8 Å². The predicted molar refractivity (Wildman–Crippen MR) is 180 cm³/mol. The summed E-state index contributed by atoms with van der Waals surface area (Å²) in [5, 5.41) is 26.7. The van der Waals surface area contributed by atoms with Crippen molar-refractivity contribution in [2.75, 3.05) is 64.7 Å². The molecular weight excluding hydrogens is 640 g/mol. The molecule has 3 aromatic rings. The van der Waals surface area contributed by atoms with Crippen LogP contribution in [0.3, 0.4) is 0 Å². The normalized spacial score (nSPS) is 13.8. The van der Waals surface area contributed by atoms with Gasteiger partial charge in [-0.2, -0.15) is 0 Å². The average molecular weight is 681 g/mol. The van der Waals surface area contributed by atoms with Crippen LogP contribution in [0.5, 0.6) is 23.0 Å². The number of phenols is 2. The van der Waals surface area contributed by atoms with Gasteiger partial charge in [0.1, 0.15) is 28.8 Å². The van der Waals surface area contributed by atoms with Crippen molar-refractivity contribution in [2.24, 2.45) is 5.92 Å². The van der Waals surface area contributed by atoms with Crippen molar-refractivity contribution in [3.05, 3.63) is 76.9 Å². The molecule has 5 rings (SSSR count). The number of hydrogen-bond acceptors (Lipinski definition) is 11. The molecule has 0 saturated carbocycles. The number of fused-ring (bicyclic) bond motifs is 6. The van der Waals surface area contributed by atoms with Crippen molar-refractivity contribution in [2.45, 2.75) is 25.9 Å². The summed E-state index contributed by atoms with van der Waals surface area (Å²) >= 11 is 5.44. The topological polar surface area (TPSA) is 154 Å². The number of rotatable bonds is 17. The van der Waals surface area contributed by atoms with Crippen LogP contribution in [-0.4, -0.2) is 86.5 Å². The minimum Gasteiger partial charge on any atom is -0.508 e. The number of phenolic OH excluding ortho intramolecular Hbond substituents is 2. The number of ether oxygens (including phenoxy) is 6. The van der Waals surface area contributed by atoms with E-state index in [-0.39, 0.29) is 23.2 Å². The molecule has 0 saturated heterocycles. The highest BCUT2D eigenvalue weighted by atomic mass is 32.1. The van der Waals surface area contributed by atoms with Gasteiger partial charge in [0.2, 0.25) is 0 Å². The molecule has 1 spiro atoms. The number of nitrogens with one attached hydrogen (secondary N) is 2. The van der Waals surface area contributed by atoms with Crippen molar-refractivity contribution >= 4 is 34.8 Å². The zero-order valence-corrected chi connectivity index (χ0v) is 27.7. The third kappa shape index (κ3) is 8.23. The molecule has 0 unspecified atom stereocenters. The SMILES string of the molecule is CC(C)C(=O)CCOCCOCCOCCOCCNC(=S)Nc1ccc2c(c1)C(=O)OC21c2ccc(O)cc2Oc2cc(O)ccc21. The van der Waals surface area contributed by atoms with Crippen LogP contribution in [0.15, 0.2) is 54.6 Å². The highest BCUT2D eigenvalue weighted by Crippen LogP contribution is 2.57. The van der Waals surface area contributed by atoms with Gasteiger partial charge in [0, 0.05) is 53.4 Å². The molecule has 3 aromatic carbocycles. The number of Topliss-reactive ketones (excluding diaryl/α,β-unsaturated/α-hetero) is 1. The molecule has 0 bridgehead atoms. The Hall–Kier alpha value is -4.27. The van der Waals surface area contributed by atoms with Crippen molar-refractivity contribution in [1.82, 2.24) is 5.32 Å². The Morgan fingerprint density at radius 3 is 1.92 bits per heavy atom. The second-order valence-corrected chi connectivity index (χ2v) is 11.9. The Balaban J connectivity index is 1.03. The number of ketones is 1. The number of hydrogen-bond donors (Lipinski definition) is 4. The molecule has 12 nitrogen and oxygen atoms in total. The average Bonchev–Trinajstić information content (AvgIpc) is 3.33. The number of carbonyl (C=O) groups is 2. The summed E-state index contributed by atoms with van der Waals surface area (Å²) in [4.78, 5) is 24.8. The minimum atomic E-state index is -1.33. The van der Waals surface area contributed by atoms with Crippen molar-refractivity contribution in [1.29, 1.82) is 0 Å². The smallest absolute Gasteiger partial charge is 0.340 e. The van der Waals surface area contributed by atoms with Crippen LogP contribution in [0, 0.1) is 5.92 Å². The summed E-state index contributed by atoms with van der Waals surface area (Å²) in [7, 11) is 0. The fourth-order valence-electron chi connectivity index (χ4n) is 5.42. The Morgan fingerprint density at radius 2 is 1.33 bits per heavy atom. The first-order chi connectivity index (χ1) is 23.2. The second kappa shape index (κ2) is 16.2. The summed E-state index contributed by atoms with van der Waals surface area (Å²) in [5.41, 5.74) is 1.31. The Labute approximate surface area is 284 Å². The number of carbonyl (C=O) groups excluding carboxylic acids is 2. The minimum absolute atomic E-state index is 0.00996. The lowest BCUT2D eigenvalue weighted by Gasteiger charge is -2.36. The van der Waals surface area contributed by atoms with Crippen molar-refractivity contribution < 1.29 is 48.2 Å². The fourth-order valence-corrected chi connectivity index (χ4v) is 5.64. The number of aromatic hydroxyl groups is 2. The van der Waals surface area contributed by atoms with Crippen LogP contribution in [0.2, 0.25) is 0 Å². The maximum Gasteiger partial charge on any atom is 0.340 e. The zero-order valence-electron chi connectivity index (χ0n) is 26.9. The van der Waals surface area contributed by atoms with Gasteiger partial charge < -0.3 is 49.3 Å². The van der Waals surface area contributed by atoms with Gasteiger partial charge in [-0.05, 0) is 48.6 Å². The lowest BCUT2D eigenvalue weighted by molar-refractivity contribution is -0.123. The van der Waals surface area contributed by atoms with Crippen LogP contribution >= 0.6 is 12.2 Å². The number of benzene rings is 3. The van der Waals surface area contributed by atoms with Gasteiger partial charge in [0.25, 0.3) is 0 Å². The number of esters is 1. The number of thiocarbonyl (C=S) groups is 1. The first-order valence-corrected chi connectivity index (χ1v) is 16.2. The van der Waals surface area contributed by atoms with E-state index >= 15 is 0 Å². The van der Waals surface area contributed by atoms with Crippen molar-refractivity contribution in [3.63, 3.8) is 0 Å². The molecule has 0 aromatic heterocycles. The molecular formula is C35H40N2O10S. The van der Waals surface area contributed by atoms with Gasteiger partial charge in [0.15, 0.2) is 10.7 Å². The van der Waals surface area contributed by atoms with Crippen LogP contribution in [0.1, 0.15) is 47.3 Å². The highest BCUT2D eigenvalue weighted by molar-refractivity contribution is 7.80. The third-order valence-electron chi connectivity index (χ3n) is 7.82. The molecule has 48 heavy (non-hydrogen) atoms. The van der Waals surface area contributed by atoms with Gasteiger partial charge >= 0.3 is 5.97 Å². The highest BCUT2D eigenvalue weighted by Gasteiger charge is 2.53. The zero-order chi connectivity index (χ0) is 34.1. The first-order valence-electron chi connectivity index (χ1n) is 15.8. The number of anilines is 1. The van der Waals surface area contributed by atoms with E-state index in [0.717, 1.165) is 0 Å². The molecule has 2 aliphatic heterocycles. The third-order valence-corrected chi connectivity index (χ3v) is 8.06. The molecule has 256 valence electrons. The molecule has 2 heterocycles. The summed E-state index contributed by atoms with van der Waals surface area (Å²) in [5.74, 6) is 0.309. The molecule has 4 N–H and O–H groups in total. The van der Waals surface area contributed by atoms with Crippen LogP contribution in [-0.2, 0) is 34.1 Å². The fraction of sp³-hybridized carbons (Fsp3) is 0.400. The van der Waals surface area contributed by atoms with Gasteiger partial charge in [0.05, 0.1) is 58.4 Å². The second-order valence-electron chi connectivity index (χ2n) is 11.5. The van der Waals surface area contributed by atoms with Gasteiger partial charge in [-0.25, -0.2) is 4.79 Å². The summed E-state index contributed by atoms with van der Waals surface area (Å²) in [6.07, 6.45) is 0.428. The molecule has 0 amide bonds. The van der Waals surface area contributed by atoms with E-state index in [1.165, 1.54) is 24.3 Å². The first kappa shape index (κ1) is 35.0. The Bertz CT molecular complexity index is 1580. The Kier molecular flexibility index (Phi) is 11.8. The Morgan fingerprint density at radius 1 is 0.792 bits per heavy atom. The van der Waals surface area contributed by atoms with E-state index < -0.39 is 11.6 Å². The summed E-state index contributed by atoms with van der Waals surface area (Å²) in [6, 6.07) is 14.5. The van der Waals surface area contributed by atoms with Crippen LogP contribution < -0.4 is 15.4 Å². The van der Waals surface area contributed by atoms with E-state index in [2.05, 4.69) is 10.6 Å². The molecule has 0 fully saturated rings. The molecule has 0 aliphatic carbocycles. The molecule has 0 radical (unpaired) electrons. The largest absolute Gasteiger partial charge is 0.508 e. The molecule has 13 heteroatoms.